The Morgan fingerprint density at radius 3 is 2.40 bits per heavy atom. The van der Waals surface area contributed by atoms with Gasteiger partial charge in [0.1, 0.15) is 0 Å². The summed E-state index contributed by atoms with van der Waals surface area (Å²) in [4.78, 5) is 0. The fourth-order valence-corrected chi connectivity index (χ4v) is 1.08. The Kier molecular flexibility index (Phi) is 5.38. The fourth-order valence-electron chi connectivity index (χ4n) is 1.08. The van der Waals surface area contributed by atoms with E-state index < -0.39 is 0 Å². The van der Waals surface area contributed by atoms with Gasteiger partial charge in [-0.15, -0.1) is 0 Å². The first-order valence-electron chi connectivity index (χ1n) is 4.38. The van der Waals surface area contributed by atoms with E-state index in [1.165, 1.54) is 19.3 Å². The van der Waals surface area contributed by atoms with E-state index in [9.17, 15) is 0 Å². The van der Waals surface area contributed by atoms with Gasteiger partial charge in [0.25, 0.3) is 0 Å². The Morgan fingerprint density at radius 1 is 1.40 bits per heavy atom. The zero-order valence-corrected chi connectivity index (χ0v) is 7.78. The van der Waals surface area contributed by atoms with Gasteiger partial charge in [0.2, 0.25) is 0 Å². The second-order valence-corrected chi connectivity index (χ2v) is 3.15. The molecule has 0 heterocycles. The second kappa shape index (κ2) is 5.52. The molecule has 1 unspecified atom stereocenters. The van der Waals surface area contributed by atoms with Gasteiger partial charge in [0, 0.05) is 0 Å². The van der Waals surface area contributed by atoms with E-state index in [2.05, 4.69) is 33.8 Å². The van der Waals surface area contributed by atoms with Gasteiger partial charge in [-0.3, -0.25) is 0 Å². The largest absolute Gasteiger partial charge is 0.0828 e. The van der Waals surface area contributed by atoms with E-state index in [0.29, 0.717) is 0 Å². The van der Waals surface area contributed by atoms with Crippen LogP contribution in [0.2, 0.25) is 0 Å². The first-order chi connectivity index (χ1) is 4.70. The summed E-state index contributed by atoms with van der Waals surface area (Å²) in [5, 5.41) is 0. The van der Waals surface area contributed by atoms with Gasteiger partial charge in [-0.05, 0) is 19.3 Å². The van der Waals surface area contributed by atoms with Crippen molar-refractivity contribution in [2.24, 2.45) is 5.92 Å². The molecule has 0 fully saturated rings. The van der Waals surface area contributed by atoms with Gasteiger partial charge in [0.05, 0.1) is 0 Å². The number of hydrogen-bond acceptors (Lipinski definition) is 0. The Hall–Kier alpha value is -0.260. The molecule has 0 rings (SSSR count). The molecule has 1 atom stereocenters. The van der Waals surface area contributed by atoms with Crippen LogP contribution in [0, 0.1) is 5.92 Å². The van der Waals surface area contributed by atoms with E-state index in [-0.39, 0.29) is 0 Å². The summed E-state index contributed by atoms with van der Waals surface area (Å²) >= 11 is 0. The first-order valence-corrected chi connectivity index (χ1v) is 4.38. The van der Waals surface area contributed by atoms with Crippen LogP contribution < -0.4 is 0 Å². The van der Waals surface area contributed by atoms with Crippen molar-refractivity contribution in [2.75, 3.05) is 0 Å². The molecule has 0 saturated heterocycles. The van der Waals surface area contributed by atoms with Crippen LogP contribution in [0.3, 0.4) is 0 Å². The molecule has 10 heavy (non-hydrogen) atoms. The third-order valence-corrected chi connectivity index (χ3v) is 1.86. The Bertz CT molecular complexity index is 101. The van der Waals surface area contributed by atoms with Crippen molar-refractivity contribution < 1.29 is 0 Å². The molecule has 0 aromatic carbocycles. The van der Waals surface area contributed by atoms with Gasteiger partial charge in [-0.25, -0.2) is 0 Å². The molecule has 0 heteroatoms. The van der Waals surface area contributed by atoms with Crippen LogP contribution in [-0.2, 0) is 0 Å². The van der Waals surface area contributed by atoms with E-state index in [0.717, 1.165) is 5.92 Å². The predicted molar refractivity (Wildman–Crippen MR) is 48.1 cm³/mol. The molecule has 0 saturated carbocycles. The van der Waals surface area contributed by atoms with Gasteiger partial charge in [-0.1, -0.05) is 45.3 Å². The lowest BCUT2D eigenvalue weighted by Gasteiger charge is -2.03. The standard InChI is InChI=1S/C10H20/c1-5-7-10(4)8-9(3)6-2/h8-9H,5-7H2,1-4H3/b10-8-. The highest BCUT2D eigenvalue weighted by molar-refractivity contribution is 4.99. The van der Waals surface area contributed by atoms with Gasteiger partial charge in [-0.2, -0.15) is 0 Å². The maximum atomic E-state index is 2.39. The molecule has 0 aliphatic heterocycles. The van der Waals surface area contributed by atoms with E-state index in [4.69, 9.17) is 0 Å². The van der Waals surface area contributed by atoms with Gasteiger partial charge < -0.3 is 0 Å². The number of rotatable bonds is 4. The Morgan fingerprint density at radius 2 is 2.00 bits per heavy atom. The first kappa shape index (κ1) is 9.74. The van der Waals surface area contributed by atoms with Crippen LogP contribution in [0.15, 0.2) is 11.6 Å². The lowest BCUT2D eigenvalue weighted by atomic mass is 10.0. The average Bonchev–Trinajstić information content (AvgIpc) is 1.88. The molecule has 0 radical (unpaired) electrons. The van der Waals surface area contributed by atoms with Crippen LogP contribution in [0.4, 0.5) is 0 Å². The molecule has 0 nitrogen and oxygen atoms in total. The normalized spacial score (nSPS) is 15.4. The Labute approximate surface area is 65.3 Å². The SMILES string of the molecule is CCC/C(C)=C\C(C)CC. The number of hydrogen-bond donors (Lipinski definition) is 0. The molecular weight excluding hydrogens is 120 g/mol. The lowest BCUT2D eigenvalue weighted by Crippen LogP contribution is -1.87. The molecule has 0 aliphatic rings. The fraction of sp³-hybridized carbons (Fsp3) is 0.800. The molecule has 0 aliphatic carbocycles. The van der Waals surface area contributed by atoms with Crippen LogP contribution in [0.1, 0.15) is 47.0 Å². The molecule has 0 aromatic heterocycles. The van der Waals surface area contributed by atoms with E-state index in [1.807, 2.05) is 0 Å². The maximum Gasteiger partial charge on any atom is -0.0262 e. The summed E-state index contributed by atoms with van der Waals surface area (Å²) < 4.78 is 0. The van der Waals surface area contributed by atoms with Crippen molar-refractivity contribution in [3.8, 4) is 0 Å². The quantitative estimate of drug-likeness (QED) is 0.521. The van der Waals surface area contributed by atoms with E-state index >= 15 is 0 Å². The predicted octanol–water partition coefficient (Wildman–Crippen LogP) is 3.78. The van der Waals surface area contributed by atoms with Crippen molar-refractivity contribution in [3.63, 3.8) is 0 Å². The second-order valence-electron chi connectivity index (χ2n) is 3.15. The van der Waals surface area contributed by atoms with Crippen molar-refractivity contribution in [1.82, 2.24) is 0 Å². The molecule has 0 spiro atoms. The Balaban J connectivity index is 3.65. The van der Waals surface area contributed by atoms with Crippen LogP contribution in [0.25, 0.3) is 0 Å². The summed E-state index contributed by atoms with van der Waals surface area (Å²) in [5.41, 5.74) is 1.55. The van der Waals surface area contributed by atoms with Gasteiger partial charge in [0.15, 0.2) is 0 Å². The van der Waals surface area contributed by atoms with E-state index in [1.54, 1.807) is 5.57 Å². The highest BCUT2D eigenvalue weighted by Crippen LogP contribution is 2.10. The monoisotopic (exact) mass is 140 g/mol. The van der Waals surface area contributed by atoms with Crippen LogP contribution in [0.5, 0.6) is 0 Å². The molecule has 0 bridgehead atoms. The highest BCUT2D eigenvalue weighted by atomic mass is 14.0. The summed E-state index contributed by atoms with van der Waals surface area (Å²) in [5.74, 6) is 0.770. The van der Waals surface area contributed by atoms with Crippen LogP contribution in [-0.4, -0.2) is 0 Å². The summed E-state index contributed by atoms with van der Waals surface area (Å²) in [6.07, 6.45) is 6.20. The van der Waals surface area contributed by atoms with Crippen molar-refractivity contribution >= 4 is 0 Å². The molecule has 0 aromatic rings. The zero-order chi connectivity index (χ0) is 7.98. The summed E-state index contributed by atoms with van der Waals surface area (Å²) in [6, 6.07) is 0. The molecular formula is C10H20. The van der Waals surface area contributed by atoms with Crippen molar-refractivity contribution in [1.29, 1.82) is 0 Å². The molecule has 60 valence electrons. The summed E-state index contributed by atoms with van der Waals surface area (Å²) in [6.45, 7) is 8.98. The summed E-state index contributed by atoms with van der Waals surface area (Å²) in [7, 11) is 0. The highest BCUT2D eigenvalue weighted by Gasteiger charge is 1.93. The zero-order valence-electron chi connectivity index (χ0n) is 7.78. The van der Waals surface area contributed by atoms with Crippen LogP contribution >= 0.6 is 0 Å². The third kappa shape index (κ3) is 4.60. The molecule has 0 amide bonds. The molecule has 0 N–H and O–H groups in total. The maximum absolute atomic E-state index is 2.39. The topological polar surface area (TPSA) is 0 Å². The van der Waals surface area contributed by atoms with Gasteiger partial charge >= 0.3 is 0 Å². The van der Waals surface area contributed by atoms with Crippen molar-refractivity contribution in [2.45, 2.75) is 47.0 Å². The third-order valence-electron chi connectivity index (χ3n) is 1.86. The number of allylic oxidation sites excluding steroid dienone is 2. The minimum atomic E-state index is 0.770. The van der Waals surface area contributed by atoms with Crippen molar-refractivity contribution in [3.05, 3.63) is 11.6 Å². The smallest absolute Gasteiger partial charge is 0.0262 e. The average molecular weight is 140 g/mol. The minimum absolute atomic E-state index is 0.770. The lowest BCUT2D eigenvalue weighted by molar-refractivity contribution is 0.686. The minimum Gasteiger partial charge on any atom is -0.0828 e.